The lowest BCUT2D eigenvalue weighted by atomic mass is 10.0. The highest BCUT2D eigenvalue weighted by atomic mass is 16.5. The second-order valence-corrected chi connectivity index (χ2v) is 4.71. The Morgan fingerprint density at radius 1 is 1.24 bits per heavy atom. The van der Waals surface area contributed by atoms with Crippen molar-refractivity contribution >= 4 is 16.9 Å². The van der Waals surface area contributed by atoms with Gasteiger partial charge in [0.25, 0.3) is 5.91 Å². The number of aromatic nitrogens is 2. The van der Waals surface area contributed by atoms with E-state index < -0.39 is 23.3 Å². The molecule has 0 radical (unpaired) electrons. The van der Waals surface area contributed by atoms with Crippen molar-refractivity contribution in [2.24, 2.45) is 0 Å². The van der Waals surface area contributed by atoms with Gasteiger partial charge in [0.2, 0.25) is 0 Å². The van der Waals surface area contributed by atoms with Crippen LogP contribution in [0.15, 0.2) is 15.7 Å². The van der Waals surface area contributed by atoms with Crippen LogP contribution in [0, 0.1) is 13.8 Å². The molecule has 112 valence electrons. The number of aryl methyl sites for hydroxylation is 1. The normalized spacial score (nSPS) is 11.1. The van der Waals surface area contributed by atoms with E-state index in [9.17, 15) is 14.4 Å². The van der Waals surface area contributed by atoms with Gasteiger partial charge in [-0.15, -0.1) is 0 Å². The van der Waals surface area contributed by atoms with E-state index in [-0.39, 0.29) is 17.6 Å². The molecule has 8 nitrogen and oxygen atoms in total. The molecule has 2 rings (SSSR count). The predicted molar refractivity (Wildman–Crippen MR) is 75.2 cm³/mol. The van der Waals surface area contributed by atoms with Gasteiger partial charge >= 0.3 is 11.1 Å². The van der Waals surface area contributed by atoms with Gasteiger partial charge in [-0.3, -0.25) is 14.4 Å². The van der Waals surface area contributed by atoms with E-state index in [4.69, 9.17) is 10.2 Å². The van der Waals surface area contributed by atoms with Gasteiger partial charge in [-0.1, -0.05) is 0 Å². The molecule has 0 aliphatic heterocycles. The van der Waals surface area contributed by atoms with Gasteiger partial charge in [-0.2, -0.15) is 0 Å². The number of amides is 1. The third-order valence-corrected chi connectivity index (χ3v) is 3.21. The summed E-state index contributed by atoms with van der Waals surface area (Å²) in [6, 6.07) is 1.65. The summed E-state index contributed by atoms with van der Waals surface area (Å²) in [4.78, 5) is 39.8. The zero-order chi connectivity index (χ0) is 15.7. The molecule has 0 bridgehead atoms. The molecular weight excluding hydrogens is 278 g/mol. The van der Waals surface area contributed by atoms with E-state index >= 15 is 0 Å². The topological polar surface area (TPSA) is 135 Å². The monoisotopic (exact) mass is 293 g/mol. The number of fused-ring (bicyclic) bond motifs is 1. The van der Waals surface area contributed by atoms with Crippen LogP contribution in [0.5, 0.6) is 0 Å². The summed E-state index contributed by atoms with van der Waals surface area (Å²) in [5.74, 6) is -0.572. The van der Waals surface area contributed by atoms with Crippen LogP contribution < -0.4 is 16.4 Å². The average Bonchev–Trinajstić information content (AvgIpc) is 2.40. The van der Waals surface area contributed by atoms with Crippen LogP contribution in [0.3, 0.4) is 0 Å². The minimum absolute atomic E-state index is 0.180. The van der Waals surface area contributed by atoms with Crippen molar-refractivity contribution in [2.45, 2.75) is 20.1 Å². The van der Waals surface area contributed by atoms with Gasteiger partial charge in [0, 0.05) is 0 Å². The number of hydrogen-bond donors (Lipinski definition) is 5. The Hall–Kier alpha value is -2.45. The van der Waals surface area contributed by atoms with Crippen molar-refractivity contribution in [3.8, 4) is 0 Å². The molecule has 5 N–H and O–H groups in total. The summed E-state index contributed by atoms with van der Waals surface area (Å²) in [6.45, 7) is 3.11. The van der Waals surface area contributed by atoms with Crippen molar-refractivity contribution in [1.29, 1.82) is 0 Å². The van der Waals surface area contributed by atoms with Crippen LogP contribution in [0.25, 0.3) is 11.0 Å². The first-order chi connectivity index (χ1) is 9.81. The number of H-pyrrole nitrogens is 2. The predicted octanol–water partition coefficient (Wildman–Crippen LogP) is -1.13. The lowest BCUT2D eigenvalue weighted by Gasteiger charge is -2.13. The van der Waals surface area contributed by atoms with Crippen molar-refractivity contribution < 1.29 is 15.0 Å². The number of carbonyl (C=O) groups is 1. The minimum Gasteiger partial charge on any atom is -0.367 e. The Labute approximate surface area is 118 Å². The minimum atomic E-state index is -1.68. The smallest absolute Gasteiger partial charge is 0.314 e. The first-order valence-corrected chi connectivity index (χ1v) is 6.22. The zero-order valence-corrected chi connectivity index (χ0v) is 11.5. The third kappa shape index (κ3) is 2.86. The Morgan fingerprint density at radius 3 is 2.48 bits per heavy atom. The molecule has 2 aromatic rings. The fraction of sp³-hybridized carbons (Fsp3) is 0.308. The Balaban J connectivity index is 2.68. The van der Waals surface area contributed by atoms with Gasteiger partial charge in [-0.25, -0.2) is 0 Å². The third-order valence-electron chi connectivity index (χ3n) is 3.21. The highest BCUT2D eigenvalue weighted by Crippen LogP contribution is 2.21. The molecule has 0 unspecified atom stereocenters. The number of rotatable bonds is 3. The highest BCUT2D eigenvalue weighted by molar-refractivity contribution is 6.06. The molecule has 1 amide bonds. The number of benzene rings is 1. The Bertz CT molecular complexity index is 819. The Kier molecular flexibility index (Phi) is 3.92. The molecule has 8 heteroatoms. The van der Waals surface area contributed by atoms with Gasteiger partial charge < -0.3 is 25.5 Å². The van der Waals surface area contributed by atoms with Gasteiger partial charge in [0.05, 0.1) is 23.1 Å². The fourth-order valence-electron chi connectivity index (χ4n) is 2.05. The van der Waals surface area contributed by atoms with Crippen LogP contribution in [-0.2, 0) is 0 Å². The molecule has 0 saturated heterocycles. The molecular formula is C13H15N3O5. The van der Waals surface area contributed by atoms with E-state index in [2.05, 4.69) is 15.3 Å². The number of aliphatic hydroxyl groups excluding tert-OH is 1. The summed E-state index contributed by atoms with van der Waals surface area (Å²) in [7, 11) is 0. The van der Waals surface area contributed by atoms with Gasteiger partial charge in [0.1, 0.15) is 0 Å². The number of nitrogens with one attached hydrogen (secondary N) is 3. The van der Waals surface area contributed by atoms with Crippen molar-refractivity contribution in [3.05, 3.63) is 43.5 Å². The van der Waals surface area contributed by atoms with Crippen molar-refractivity contribution in [1.82, 2.24) is 15.3 Å². The first kappa shape index (κ1) is 14.9. The van der Waals surface area contributed by atoms with E-state index in [1.165, 1.54) is 0 Å². The van der Waals surface area contributed by atoms with E-state index in [1.807, 2.05) is 0 Å². The molecule has 0 aliphatic rings. The second-order valence-electron chi connectivity index (χ2n) is 4.71. The zero-order valence-electron chi connectivity index (χ0n) is 11.5. The van der Waals surface area contributed by atoms with E-state index in [0.29, 0.717) is 11.1 Å². The number of aliphatic hydroxyl groups is 2. The largest absolute Gasteiger partial charge is 0.367 e. The molecule has 0 atom stereocenters. The van der Waals surface area contributed by atoms with Crippen LogP contribution in [-0.4, -0.2) is 38.9 Å². The summed E-state index contributed by atoms with van der Waals surface area (Å²) in [5, 5.41) is 19.9. The van der Waals surface area contributed by atoms with Crippen LogP contribution in [0.2, 0.25) is 0 Å². The molecule has 21 heavy (non-hydrogen) atoms. The molecule has 1 aromatic carbocycles. The van der Waals surface area contributed by atoms with Gasteiger partial charge in [0.15, 0.2) is 6.29 Å². The standard InChI is InChI=1S/C13H15N3O5/c1-5-3-7-10(16-13(21)12(20)15-7)9(6(5)2)11(19)14-4-8(17)18/h3,8,17-18H,4H2,1-2H3,(H,14,19)(H,15,20)(H,16,21). The number of carbonyl (C=O) groups excluding carboxylic acids is 1. The summed E-state index contributed by atoms with van der Waals surface area (Å²) >= 11 is 0. The van der Waals surface area contributed by atoms with Crippen LogP contribution in [0.1, 0.15) is 21.5 Å². The summed E-state index contributed by atoms with van der Waals surface area (Å²) < 4.78 is 0. The van der Waals surface area contributed by atoms with Crippen LogP contribution in [0.4, 0.5) is 0 Å². The quantitative estimate of drug-likeness (QED) is 0.360. The summed E-state index contributed by atoms with van der Waals surface area (Å²) in [5.41, 5.74) is 0.420. The van der Waals surface area contributed by atoms with Crippen LogP contribution >= 0.6 is 0 Å². The maximum Gasteiger partial charge on any atom is 0.314 e. The molecule has 0 aliphatic carbocycles. The maximum atomic E-state index is 12.2. The number of hydrogen-bond acceptors (Lipinski definition) is 5. The Morgan fingerprint density at radius 2 is 1.86 bits per heavy atom. The maximum absolute atomic E-state index is 12.2. The van der Waals surface area contributed by atoms with Gasteiger partial charge in [-0.05, 0) is 31.0 Å². The molecule has 1 aromatic heterocycles. The van der Waals surface area contributed by atoms with Crippen molar-refractivity contribution in [2.75, 3.05) is 6.54 Å². The molecule has 0 fully saturated rings. The van der Waals surface area contributed by atoms with E-state index in [1.54, 1.807) is 19.9 Å². The molecule has 1 heterocycles. The first-order valence-electron chi connectivity index (χ1n) is 6.22. The highest BCUT2D eigenvalue weighted by Gasteiger charge is 2.17. The van der Waals surface area contributed by atoms with Crippen molar-refractivity contribution in [3.63, 3.8) is 0 Å². The lowest BCUT2D eigenvalue weighted by Crippen LogP contribution is -2.34. The SMILES string of the molecule is Cc1cc2[nH]c(=O)c(=O)[nH]c2c(C(=O)NCC(O)O)c1C. The second kappa shape index (κ2) is 5.51. The molecule has 0 spiro atoms. The lowest BCUT2D eigenvalue weighted by molar-refractivity contribution is -0.0361. The average molecular weight is 293 g/mol. The fourth-order valence-corrected chi connectivity index (χ4v) is 2.05. The number of aromatic amines is 2. The summed E-state index contributed by atoms with van der Waals surface area (Å²) in [6.07, 6.45) is -1.68. The van der Waals surface area contributed by atoms with E-state index in [0.717, 1.165) is 5.56 Å². The molecule has 0 saturated carbocycles.